The normalized spacial score (nSPS) is 14.1. The number of carboxylic acid groups (broad SMARTS) is 1. The molecule has 0 radical (unpaired) electrons. The number of aromatic hydroxyl groups is 2. The Bertz CT molecular complexity index is 1360. The van der Waals surface area contributed by atoms with Crippen LogP contribution in [-0.4, -0.2) is 72.4 Å². The van der Waals surface area contributed by atoms with Gasteiger partial charge in [0, 0.05) is 37.0 Å². The first-order valence-electron chi connectivity index (χ1n) is 12.5. The number of piperidine rings is 1. The summed E-state index contributed by atoms with van der Waals surface area (Å²) < 4.78 is 1.49. The second-order valence-electron chi connectivity index (χ2n) is 9.58. The number of phenols is 2. The molecule has 0 saturated carbocycles. The number of nitrogens with one attached hydrogen (secondary N) is 1. The number of rotatable bonds is 7. The molecular weight excluding hydrogens is 490 g/mol. The third kappa shape index (κ3) is 5.17. The Morgan fingerprint density at radius 3 is 2.26 bits per heavy atom. The summed E-state index contributed by atoms with van der Waals surface area (Å²) in [5.74, 6) is -2.06. The van der Waals surface area contributed by atoms with Crippen molar-refractivity contribution in [3.05, 3.63) is 53.3 Å². The molecule has 2 amide bonds. The predicted octanol–water partition coefficient (Wildman–Crippen LogP) is 3.16. The number of carbonyl (C=O) groups is 3. The number of aromatic nitrogens is 3. The summed E-state index contributed by atoms with van der Waals surface area (Å²) in [5, 5.41) is 41.1. The number of carboxylic acids is 1. The van der Waals surface area contributed by atoms with Gasteiger partial charge in [0.1, 0.15) is 11.5 Å². The first kappa shape index (κ1) is 26.6. The summed E-state index contributed by atoms with van der Waals surface area (Å²) in [6.45, 7) is 6.69. The smallest absolute Gasteiger partial charge is 0.306 e. The minimum atomic E-state index is -0.839. The molecule has 4 rings (SSSR count). The molecule has 11 nitrogen and oxygen atoms in total. The SMILES string of the molecule is CCNC(=O)c1nnc(-c2cc(C(C)C)c(O)cc2O)n1-c1ccc(C(=O)N2CCC(C(=O)O)CC2)cc1. The van der Waals surface area contributed by atoms with Crippen LogP contribution in [0.1, 0.15) is 66.1 Å². The third-order valence-electron chi connectivity index (χ3n) is 6.72. The van der Waals surface area contributed by atoms with Crippen molar-refractivity contribution in [2.75, 3.05) is 19.6 Å². The molecule has 0 atom stereocenters. The van der Waals surface area contributed by atoms with Crippen LogP contribution >= 0.6 is 0 Å². The molecule has 3 aromatic rings. The molecule has 38 heavy (non-hydrogen) atoms. The van der Waals surface area contributed by atoms with E-state index in [1.807, 2.05) is 13.8 Å². The van der Waals surface area contributed by atoms with Gasteiger partial charge < -0.3 is 25.5 Å². The minimum Gasteiger partial charge on any atom is -0.508 e. The summed E-state index contributed by atoms with van der Waals surface area (Å²) in [6.07, 6.45) is 0.821. The fraction of sp³-hybridized carbons (Fsp3) is 0.370. The molecule has 4 N–H and O–H groups in total. The van der Waals surface area contributed by atoms with Gasteiger partial charge in [0.15, 0.2) is 5.82 Å². The van der Waals surface area contributed by atoms with Crippen molar-refractivity contribution in [2.24, 2.45) is 5.92 Å². The van der Waals surface area contributed by atoms with Gasteiger partial charge in [0.25, 0.3) is 11.8 Å². The van der Waals surface area contributed by atoms with E-state index in [0.717, 1.165) is 0 Å². The van der Waals surface area contributed by atoms with Crippen molar-refractivity contribution < 1.29 is 29.7 Å². The summed E-state index contributed by atoms with van der Waals surface area (Å²) in [7, 11) is 0. The quantitative estimate of drug-likeness (QED) is 0.369. The van der Waals surface area contributed by atoms with Crippen molar-refractivity contribution in [3.8, 4) is 28.6 Å². The van der Waals surface area contributed by atoms with Crippen LogP contribution in [0, 0.1) is 5.92 Å². The van der Waals surface area contributed by atoms with Gasteiger partial charge in [-0.1, -0.05) is 13.8 Å². The standard InChI is InChI=1S/C27H31N5O6/c1-4-28-25(35)24-30-29-23(20-13-19(15(2)3)21(33)14-22(20)34)32(24)18-7-5-16(6-8-18)26(36)31-11-9-17(10-12-31)27(37)38/h5-8,13-15,17,33-34H,4,9-12H2,1-3H3,(H,28,35)(H,37,38). The highest BCUT2D eigenvalue weighted by molar-refractivity contribution is 5.95. The zero-order valence-electron chi connectivity index (χ0n) is 21.5. The number of amides is 2. The van der Waals surface area contributed by atoms with Crippen LogP contribution in [0.25, 0.3) is 17.1 Å². The topological polar surface area (TPSA) is 158 Å². The molecule has 2 aromatic carbocycles. The summed E-state index contributed by atoms with van der Waals surface area (Å²) in [5.41, 5.74) is 1.80. The van der Waals surface area contributed by atoms with Gasteiger partial charge in [-0.25, -0.2) is 0 Å². The van der Waals surface area contributed by atoms with Crippen LogP contribution in [0.2, 0.25) is 0 Å². The lowest BCUT2D eigenvalue weighted by Crippen LogP contribution is -2.40. The Balaban J connectivity index is 1.71. The average Bonchev–Trinajstić information content (AvgIpc) is 3.33. The Labute approximate surface area is 219 Å². The fourth-order valence-corrected chi connectivity index (χ4v) is 4.59. The van der Waals surface area contributed by atoms with Gasteiger partial charge in [-0.3, -0.25) is 19.0 Å². The number of aliphatic carboxylic acids is 1. The lowest BCUT2D eigenvalue weighted by molar-refractivity contribution is -0.143. The molecule has 11 heteroatoms. The van der Waals surface area contributed by atoms with E-state index >= 15 is 0 Å². The number of likely N-dealkylation sites (tertiary alicyclic amines) is 1. The first-order chi connectivity index (χ1) is 18.1. The molecule has 1 saturated heterocycles. The molecule has 2 heterocycles. The van der Waals surface area contributed by atoms with Crippen LogP contribution in [0.15, 0.2) is 36.4 Å². The number of hydrogen-bond donors (Lipinski definition) is 4. The number of phenolic OH excluding ortho intramolecular Hbond substituents is 2. The van der Waals surface area contributed by atoms with Crippen molar-refractivity contribution in [1.82, 2.24) is 25.0 Å². The number of carbonyl (C=O) groups excluding carboxylic acids is 2. The Hall–Kier alpha value is -4.41. The zero-order valence-corrected chi connectivity index (χ0v) is 21.5. The molecule has 0 spiro atoms. The molecule has 1 aromatic heterocycles. The Kier molecular flexibility index (Phi) is 7.65. The van der Waals surface area contributed by atoms with Gasteiger partial charge in [0.05, 0.1) is 11.5 Å². The highest BCUT2D eigenvalue weighted by Crippen LogP contribution is 2.38. The van der Waals surface area contributed by atoms with E-state index < -0.39 is 17.8 Å². The summed E-state index contributed by atoms with van der Waals surface area (Å²) in [4.78, 5) is 38.7. The van der Waals surface area contributed by atoms with Gasteiger partial charge >= 0.3 is 5.97 Å². The molecule has 0 unspecified atom stereocenters. The molecule has 1 fully saturated rings. The van der Waals surface area contributed by atoms with E-state index in [4.69, 9.17) is 0 Å². The molecule has 0 bridgehead atoms. The van der Waals surface area contributed by atoms with Crippen molar-refractivity contribution in [3.63, 3.8) is 0 Å². The fourth-order valence-electron chi connectivity index (χ4n) is 4.59. The van der Waals surface area contributed by atoms with E-state index in [1.165, 1.54) is 10.6 Å². The number of nitrogens with zero attached hydrogens (tertiary/aromatic N) is 4. The van der Waals surface area contributed by atoms with Gasteiger partial charge in [0.2, 0.25) is 5.82 Å². The molecule has 1 aliphatic rings. The summed E-state index contributed by atoms with van der Waals surface area (Å²) >= 11 is 0. The van der Waals surface area contributed by atoms with Crippen LogP contribution in [-0.2, 0) is 4.79 Å². The highest BCUT2D eigenvalue weighted by atomic mass is 16.4. The van der Waals surface area contributed by atoms with Crippen LogP contribution in [0.4, 0.5) is 0 Å². The zero-order chi connectivity index (χ0) is 27.6. The maximum atomic E-state index is 13.0. The third-order valence-corrected chi connectivity index (χ3v) is 6.72. The lowest BCUT2D eigenvalue weighted by Gasteiger charge is -2.30. The largest absolute Gasteiger partial charge is 0.508 e. The second-order valence-corrected chi connectivity index (χ2v) is 9.58. The van der Waals surface area contributed by atoms with Crippen LogP contribution < -0.4 is 5.32 Å². The predicted molar refractivity (Wildman–Crippen MR) is 138 cm³/mol. The van der Waals surface area contributed by atoms with E-state index in [9.17, 15) is 29.7 Å². The second kappa shape index (κ2) is 10.9. The Morgan fingerprint density at radius 1 is 1.03 bits per heavy atom. The van der Waals surface area contributed by atoms with Crippen molar-refractivity contribution >= 4 is 17.8 Å². The van der Waals surface area contributed by atoms with Gasteiger partial charge in [-0.2, -0.15) is 0 Å². The number of benzene rings is 2. The molecule has 0 aliphatic carbocycles. The van der Waals surface area contributed by atoms with Crippen molar-refractivity contribution in [2.45, 2.75) is 39.5 Å². The first-order valence-corrected chi connectivity index (χ1v) is 12.5. The molecule has 1 aliphatic heterocycles. The van der Waals surface area contributed by atoms with E-state index in [0.29, 0.717) is 49.3 Å². The lowest BCUT2D eigenvalue weighted by atomic mass is 9.96. The maximum absolute atomic E-state index is 13.0. The average molecular weight is 522 g/mol. The van der Waals surface area contributed by atoms with E-state index in [1.54, 1.807) is 42.2 Å². The highest BCUT2D eigenvalue weighted by Gasteiger charge is 2.28. The molecule has 200 valence electrons. The number of hydrogen-bond acceptors (Lipinski definition) is 7. The van der Waals surface area contributed by atoms with Crippen molar-refractivity contribution in [1.29, 1.82) is 0 Å². The Morgan fingerprint density at radius 2 is 1.68 bits per heavy atom. The van der Waals surface area contributed by atoms with E-state index in [2.05, 4.69) is 15.5 Å². The van der Waals surface area contributed by atoms with Crippen LogP contribution in [0.3, 0.4) is 0 Å². The minimum absolute atomic E-state index is 0.00441. The maximum Gasteiger partial charge on any atom is 0.306 e. The van der Waals surface area contributed by atoms with Crippen LogP contribution in [0.5, 0.6) is 11.5 Å². The van der Waals surface area contributed by atoms with Gasteiger partial charge in [-0.15, -0.1) is 10.2 Å². The summed E-state index contributed by atoms with van der Waals surface area (Å²) in [6, 6.07) is 9.44. The molecular formula is C27H31N5O6. The van der Waals surface area contributed by atoms with E-state index in [-0.39, 0.29) is 40.5 Å². The monoisotopic (exact) mass is 521 g/mol. The van der Waals surface area contributed by atoms with Gasteiger partial charge in [-0.05, 0) is 61.6 Å².